The number of hydrogen-bond donors (Lipinski definition) is 2. The molecule has 6 nitrogen and oxygen atoms in total. The van der Waals surface area contributed by atoms with Gasteiger partial charge in [-0.05, 0) is 63.3 Å². The molecule has 3 rings (SSSR count). The van der Waals surface area contributed by atoms with Gasteiger partial charge in [0.2, 0.25) is 5.91 Å². The van der Waals surface area contributed by atoms with Crippen molar-refractivity contribution in [2.75, 3.05) is 26.2 Å². The van der Waals surface area contributed by atoms with Crippen molar-refractivity contribution in [3.63, 3.8) is 0 Å². The number of carbonyl (C=O) groups excluding carboxylic acids is 2. The zero-order valence-corrected chi connectivity index (χ0v) is 19.0. The summed E-state index contributed by atoms with van der Waals surface area (Å²) in [5.74, 6) is 1.30. The minimum absolute atomic E-state index is 0. The molecule has 3 fully saturated rings. The fourth-order valence-electron chi connectivity index (χ4n) is 4.98. The van der Waals surface area contributed by atoms with Crippen LogP contribution in [0.25, 0.3) is 0 Å². The molecule has 0 spiro atoms. The number of hydrogen-bond acceptors (Lipinski definition) is 4. The van der Waals surface area contributed by atoms with Gasteiger partial charge in [-0.3, -0.25) is 9.59 Å². The van der Waals surface area contributed by atoms with Crippen molar-refractivity contribution >= 4 is 24.2 Å². The Hall–Kier alpha value is -0.850. The van der Waals surface area contributed by atoms with Gasteiger partial charge < -0.3 is 20.3 Å². The standard InChI is InChI=1S/C22H39N3O3.ClH/c1-3-20(28-18-9-4-7-16(2)13-18)22(27)25-12-6-8-17(15-25)14-24-21(26)19-10-5-11-23-19;/h16-20,23H,3-15H2,1-2H3,(H,24,26);1H. The van der Waals surface area contributed by atoms with Crippen LogP contribution in [-0.2, 0) is 14.3 Å². The van der Waals surface area contributed by atoms with E-state index in [1.807, 2.05) is 11.8 Å². The van der Waals surface area contributed by atoms with E-state index < -0.39 is 0 Å². The number of nitrogens with one attached hydrogen (secondary N) is 2. The number of rotatable bonds is 7. The summed E-state index contributed by atoms with van der Waals surface area (Å²) < 4.78 is 6.26. The first-order valence-corrected chi connectivity index (χ1v) is 11.5. The first-order chi connectivity index (χ1) is 13.6. The summed E-state index contributed by atoms with van der Waals surface area (Å²) in [4.78, 5) is 27.3. The van der Waals surface area contributed by atoms with Gasteiger partial charge >= 0.3 is 0 Å². The third-order valence-corrected chi connectivity index (χ3v) is 6.66. The Morgan fingerprint density at radius 3 is 2.69 bits per heavy atom. The van der Waals surface area contributed by atoms with Gasteiger partial charge in [-0.15, -0.1) is 12.4 Å². The summed E-state index contributed by atoms with van der Waals surface area (Å²) in [6.45, 7) is 7.47. The van der Waals surface area contributed by atoms with Crippen LogP contribution in [-0.4, -0.2) is 61.1 Å². The van der Waals surface area contributed by atoms with Crippen LogP contribution >= 0.6 is 12.4 Å². The molecule has 3 aliphatic rings. The Bertz CT molecular complexity index is 527. The average molecular weight is 430 g/mol. The number of halogens is 1. The molecule has 2 amide bonds. The Labute approximate surface area is 182 Å². The van der Waals surface area contributed by atoms with Crippen molar-refractivity contribution in [1.82, 2.24) is 15.5 Å². The lowest BCUT2D eigenvalue weighted by atomic mass is 9.88. The van der Waals surface area contributed by atoms with Crippen molar-refractivity contribution in [3.05, 3.63) is 0 Å². The van der Waals surface area contributed by atoms with E-state index in [1.54, 1.807) is 0 Å². The smallest absolute Gasteiger partial charge is 0.251 e. The Morgan fingerprint density at radius 1 is 1.17 bits per heavy atom. The van der Waals surface area contributed by atoms with Gasteiger partial charge in [0, 0.05) is 19.6 Å². The molecule has 7 heteroatoms. The van der Waals surface area contributed by atoms with Crippen LogP contribution in [0.3, 0.4) is 0 Å². The van der Waals surface area contributed by atoms with Gasteiger partial charge in [0.05, 0.1) is 12.1 Å². The molecular formula is C22H40ClN3O3. The third-order valence-electron chi connectivity index (χ3n) is 6.66. The topological polar surface area (TPSA) is 70.7 Å². The quantitative estimate of drug-likeness (QED) is 0.652. The molecule has 2 saturated heterocycles. The zero-order chi connectivity index (χ0) is 19.9. The summed E-state index contributed by atoms with van der Waals surface area (Å²) >= 11 is 0. The molecule has 2 heterocycles. The molecule has 2 aliphatic heterocycles. The van der Waals surface area contributed by atoms with Gasteiger partial charge in [-0.25, -0.2) is 0 Å². The van der Waals surface area contributed by atoms with E-state index in [0.29, 0.717) is 18.4 Å². The van der Waals surface area contributed by atoms with Crippen LogP contribution in [0.2, 0.25) is 0 Å². The second-order valence-electron chi connectivity index (χ2n) is 9.11. The van der Waals surface area contributed by atoms with E-state index in [4.69, 9.17) is 4.74 Å². The maximum Gasteiger partial charge on any atom is 0.251 e. The molecule has 29 heavy (non-hydrogen) atoms. The molecule has 0 aromatic heterocycles. The van der Waals surface area contributed by atoms with Crippen molar-refractivity contribution in [2.45, 2.75) is 89.9 Å². The molecule has 0 radical (unpaired) electrons. The molecule has 5 unspecified atom stereocenters. The first-order valence-electron chi connectivity index (χ1n) is 11.5. The summed E-state index contributed by atoms with van der Waals surface area (Å²) in [5.41, 5.74) is 0. The maximum atomic E-state index is 13.1. The van der Waals surface area contributed by atoms with Crippen molar-refractivity contribution in [1.29, 1.82) is 0 Å². The molecule has 2 N–H and O–H groups in total. The fourth-order valence-corrected chi connectivity index (χ4v) is 4.98. The molecular weight excluding hydrogens is 390 g/mol. The van der Waals surface area contributed by atoms with Crippen LogP contribution in [0.1, 0.15) is 71.6 Å². The van der Waals surface area contributed by atoms with Gasteiger partial charge in [-0.1, -0.05) is 26.7 Å². The number of likely N-dealkylation sites (tertiary alicyclic amines) is 1. The molecule has 5 atom stereocenters. The Kier molecular flexibility index (Phi) is 10.2. The third kappa shape index (κ3) is 7.11. The molecule has 0 bridgehead atoms. The van der Waals surface area contributed by atoms with E-state index in [9.17, 15) is 9.59 Å². The summed E-state index contributed by atoms with van der Waals surface area (Å²) in [7, 11) is 0. The Balaban J connectivity index is 0.00000300. The number of amides is 2. The molecule has 1 saturated carbocycles. The van der Waals surface area contributed by atoms with E-state index >= 15 is 0 Å². The lowest BCUT2D eigenvalue weighted by molar-refractivity contribution is -0.151. The Morgan fingerprint density at radius 2 is 2.00 bits per heavy atom. The van der Waals surface area contributed by atoms with E-state index in [2.05, 4.69) is 17.6 Å². The average Bonchev–Trinajstić information content (AvgIpc) is 3.25. The highest BCUT2D eigenvalue weighted by molar-refractivity contribution is 5.85. The number of ether oxygens (including phenoxy) is 1. The molecule has 1 aliphatic carbocycles. The number of nitrogens with zero attached hydrogens (tertiary/aromatic N) is 1. The van der Waals surface area contributed by atoms with Crippen LogP contribution in [0.4, 0.5) is 0 Å². The van der Waals surface area contributed by atoms with Crippen LogP contribution < -0.4 is 10.6 Å². The summed E-state index contributed by atoms with van der Waals surface area (Å²) in [6, 6.07) is -0.0305. The largest absolute Gasteiger partial charge is 0.365 e. The zero-order valence-electron chi connectivity index (χ0n) is 18.2. The second kappa shape index (κ2) is 12.1. The monoisotopic (exact) mass is 429 g/mol. The lowest BCUT2D eigenvalue weighted by Gasteiger charge is -2.36. The minimum Gasteiger partial charge on any atom is -0.365 e. The van der Waals surface area contributed by atoms with E-state index in [-0.39, 0.29) is 42.5 Å². The predicted octanol–water partition coefficient (Wildman–Crippen LogP) is 2.89. The second-order valence-corrected chi connectivity index (χ2v) is 9.11. The van der Waals surface area contributed by atoms with Crippen molar-refractivity contribution in [2.24, 2.45) is 11.8 Å². The van der Waals surface area contributed by atoms with E-state index in [1.165, 1.54) is 12.8 Å². The maximum absolute atomic E-state index is 13.1. The van der Waals surface area contributed by atoms with Gasteiger partial charge in [-0.2, -0.15) is 0 Å². The van der Waals surface area contributed by atoms with Crippen LogP contribution in [0.15, 0.2) is 0 Å². The van der Waals surface area contributed by atoms with Crippen LogP contribution in [0, 0.1) is 11.8 Å². The highest BCUT2D eigenvalue weighted by Gasteiger charge is 2.32. The summed E-state index contributed by atoms with van der Waals surface area (Å²) in [5, 5.41) is 6.34. The van der Waals surface area contributed by atoms with Gasteiger partial charge in [0.1, 0.15) is 6.10 Å². The van der Waals surface area contributed by atoms with Crippen LogP contribution in [0.5, 0.6) is 0 Å². The van der Waals surface area contributed by atoms with Gasteiger partial charge in [0.15, 0.2) is 0 Å². The number of carbonyl (C=O) groups is 2. The highest BCUT2D eigenvalue weighted by atomic mass is 35.5. The molecule has 0 aromatic rings. The molecule has 0 aromatic carbocycles. The van der Waals surface area contributed by atoms with Gasteiger partial charge in [0.25, 0.3) is 5.91 Å². The molecule has 168 valence electrons. The minimum atomic E-state index is -0.314. The number of piperidine rings is 1. The fraction of sp³-hybridized carbons (Fsp3) is 0.909. The van der Waals surface area contributed by atoms with Crippen molar-refractivity contribution in [3.8, 4) is 0 Å². The SMILES string of the molecule is CCC(OC1CCCC(C)C1)C(=O)N1CCCC(CNC(=O)C2CCCN2)C1.Cl. The first kappa shape index (κ1) is 24.4. The predicted molar refractivity (Wildman–Crippen MR) is 117 cm³/mol. The normalized spacial score (nSPS) is 31.0. The van der Waals surface area contributed by atoms with Crippen molar-refractivity contribution < 1.29 is 14.3 Å². The summed E-state index contributed by atoms with van der Waals surface area (Å²) in [6.07, 6.45) is 9.37. The lowest BCUT2D eigenvalue weighted by Crippen LogP contribution is -2.49. The highest BCUT2D eigenvalue weighted by Crippen LogP contribution is 2.28. The van der Waals surface area contributed by atoms with E-state index in [0.717, 1.165) is 64.6 Å².